The zero-order chi connectivity index (χ0) is 19.2. The molecule has 27 heavy (non-hydrogen) atoms. The SMILES string of the molecule is COc1ccc(Br)cc1C(=O)NC(=S)Nc1ccccc1N1CCOCC1. The summed E-state index contributed by atoms with van der Waals surface area (Å²) >= 11 is 8.71. The molecule has 0 bridgehead atoms. The summed E-state index contributed by atoms with van der Waals surface area (Å²) in [4.78, 5) is 14.8. The number of ether oxygens (including phenoxy) is 2. The van der Waals surface area contributed by atoms with Gasteiger partial charge in [0.1, 0.15) is 5.75 Å². The summed E-state index contributed by atoms with van der Waals surface area (Å²) in [5, 5.41) is 6.06. The Hall–Kier alpha value is -2.16. The normalized spacial score (nSPS) is 13.8. The molecular formula is C19H20BrN3O3S. The molecule has 6 nitrogen and oxygen atoms in total. The number of amides is 1. The summed E-state index contributed by atoms with van der Waals surface area (Å²) in [6.07, 6.45) is 0. The van der Waals surface area contributed by atoms with Gasteiger partial charge in [0.15, 0.2) is 5.11 Å². The van der Waals surface area contributed by atoms with E-state index in [2.05, 4.69) is 31.5 Å². The van der Waals surface area contributed by atoms with E-state index in [-0.39, 0.29) is 11.0 Å². The number of thiocarbonyl (C=S) groups is 1. The summed E-state index contributed by atoms with van der Waals surface area (Å²) in [5.74, 6) is 0.140. The molecule has 1 amide bonds. The molecule has 1 aliphatic heterocycles. The van der Waals surface area contributed by atoms with Gasteiger partial charge in [-0.2, -0.15) is 0 Å². The third kappa shape index (κ3) is 4.97. The van der Waals surface area contributed by atoms with E-state index < -0.39 is 0 Å². The third-order valence-electron chi connectivity index (χ3n) is 4.14. The largest absolute Gasteiger partial charge is 0.496 e. The van der Waals surface area contributed by atoms with Crippen molar-refractivity contribution in [2.24, 2.45) is 0 Å². The number of nitrogens with one attached hydrogen (secondary N) is 2. The van der Waals surface area contributed by atoms with Crippen LogP contribution in [0.3, 0.4) is 0 Å². The van der Waals surface area contributed by atoms with E-state index in [0.29, 0.717) is 24.5 Å². The number of carbonyl (C=O) groups is 1. The summed E-state index contributed by atoms with van der Waals surface area (Å²) in [6.45, 7) is 3.01. The van der Waals surface area contributed by atoms with E-state index in [0.717, 1.165) is 28.9 Å². The van der Waals surface area contributed by atoms with Crippen LogP contribution in [0.4, 0.5) is 11.4 Å². The molecule has 0 atom stereocenters. The Balaban J connectivity index is 1.71. The molecule has 2 N–H and O–H groups in total. The Labute approximate surface area is 172 Å². The molecule has 0 aromatic heterocycles. The highest BCUT2D eigenvalue weighted by Crippen LogP contribution is 2.26. The minimum absolute atomic E-state index is 0.225. The highest BCUT2D eigenvalue weighted by molar-refractivity contribution is 9.10. The molecule has 0 saturated carbocycles. The second-order valence-electron chi connectivity index (χ2n) is 5.87. The fraction of sp³-hybridized carbons (Fsp3) is 0.263. The summed E-state index contributed by atoms with van der Waals surface area (Å²) in [6, 6.07) is 13.1. The van der Waals surface area contributed by atoms with E-state index >= 15 is 0 Å². The Bertz CT molecular complexity index is 841. The quantitative estimate of drug-likeness (QED) is 0.697. The molecular weight excluding hydrogens is 430 g/mol. The first-order valence-electron chi connectivity index (χ1n) is 8.46. The molecule has 0 aliphatic carbocycles. The van der Waals surface area contributed by atoms with Crippen molar-refractivity contribution in [1.82, 2.24) is 5.32 Å². The van der Waals surface area contributed by atoms with E-state index in [9.17, 15) is 4.79 Å². The third-order valence-corrected chi connectivity index (χ3v) is 4.83. The van der Waals surface area contributed by atoms with Gasteiger partial charge in [-0.3, -0.25) is 10.1 Å². The summed E-state index contributed by atoms with van der Waals surface area (Å²) < 4.78 is 11.5. The van der Waals surface area contributed by atoms with Crippen LogP contribution < -0.4 is 20.3 Å². The molecule has 0 unspecified atom stereocenters. The number of hydrogen-bond acceptors (Lipinski definition) is 5. The van der Waals surface area contributed by atoms with Crippen LogP contribution in [0.2, 0.25) is 0 Å². The standard InChI is InChI=1S/C19H20BrN3O3S/c1-25-17-7-6-13(20)12-14(17)18(24)22-19(27)21-15-4-2-3-5-16(15)23-8-10-26-11-9-23/h2-7,12H,8-11H2,1H3,(H2,21,22,24,27). The highest BCUT2D eigenvalue weighted by Gasteiger charge is 2.17. The molecule has 2 aromatic rings. The van der Waals surface area contributed by atoms with Crippen molar-refractivity contribution in [2.45, 2.75) is 0 Å². The van der Waals surface area contributed by atoms with Gasteiger partial charge < -0.3 is 19.7 Å². The van der Waals surface area contributed by atoms with Gasteiger partial charge in [-0.25, -0.2) is 0 Å². The van der Waals surface area contributed by atoms with Crippen LogP contribution in [-0.4, -0.2) is 44.4 Å². The number of benzene rings is 2. The lowest BCUT2D eigenvalue weighted by molar-refractivity contribution is 0.0974. The first-order valence-corrected chi connectivity index (χ1v) is 9.66. The van der Waals surface area contributed by atoms with Gasteiger partial charge in [-0.05, 0) is 42.5 Å². The van der Waals surface area contributed by atoms with Gasteiger partial charge in [0, 0.05) is 17.6 Å². The number of hydrogen-bond donors (Lipinski definition) is 2. The van der Waals surface area contributed by atoms with Crippen LogP contribution in [0.15, 0.2) is 46.9 Å². The van der Waals surface area contributed by atoms with Crippen LogP contribution in [0, 0.1) is 0 Å². The molecule has 1 aliphatic rings. The van der Waals surface area contributed by atoms with Crippen LogP contribution in [0.5, 0.6) is 5.75 Å². The molecule has 0 spiro atoms. The average molecular weight is 450 g/mol. The van der Waals surface area contributed by atoms with E-state index in [1.54, 1.807) is 12.1 Å². The molecule has 1 saturated heterocycles. The van der Waals surface area contributed by atoms with Crippen LogP contribution in [0.1, 0.15) is 10.4 Å². The number of morpholine rings is 1. The minimum atomic E-state index is -0.338. The lowest BCUT2D eigenvalue weighted by Crippen LogP contribution is -2.38. The van der Waals surface area contributed by atoms with Gasteiger partial charge in [0.25, 0.3) is 5.91 Å². The van der Waals surface area contributed by atoms with Gasteiger partial charge in [0.2, 0.25) is 0 Å². The Morgan fingerprint density at radius 2 is 1.96 bits per heavy atom. The number of nitrogens with zero attached hydrogens (tertiary/aromatic N) is 1. The first-order chi connectivity index (χ1) is 13.1. The van der Waals surface area contributed by atoms with Gasteiger partial charge in [0.05, 0.1) is 37.3 Å². The number of methoxy groups -OCH3 is 1. The van der Waals surface area contributed by atoms with Crippen LogP contribution in [0.25, 0.3) is 0 Å². The number of anilines is 2. The van der Waals surface area contributed by atoms with Crippen LogP contribution >= 0.6 is 28.1 Å². The monoisotopic (exact) mass is 449 g/mol. The summed E-state index contributed by atoms with van der Waals surface area (Å²) in [5.41, 5.74) is 2.26. The zero-order valence-corrected chi connectivity index (χ0v) is 17.2. The predicted molar refractivity (Wildman–Crippen MR) is 114 cm³/mol. The van der Waals surface area contributed by atoms with E-state index in [1.165, 1.54) is 7.11 Å². The fourth-order valence-electron chi connectivity index (χ4n) is 2.84. The van der Waals surface area contributed by atoms with Crippen molar-refractivity contribution >= 4 is 50.5 Å². The number of halogens is 1. The lowest BCUT2D eigenvalue weighted by atomic mass is 10.2. The second-order valence-corrected chi connectivity index (χ2v) is 7.19. The summed E-state index contributed by atoms with van der Waals surface area (Å²) in [7, 11) is 1.52. The van der Waals surface area contributed by atoms with E-state index in [1.807, 2.05) is 30.3 Å². The molecule has 3 rings (SSSR count). The first kappa shape index (κ1) is 19.6. The number of carbonyl (C=O) groups excluding carboxylic acids is 1. The number of para-hydroxylation sites is 2. The van der Waals surface area contributed by atoms with Gasteiger partial charge >= 0.3 is 0 Å². The zero-order valence-electron chi connectivity index (χ0n) is 14.8. The maximum absolute atomic E-state index is 12.6. The molecule has 1 fully saturated rings. The Morgan fingerprint density at radius 1 is 1.22 bits per heavy atom. The smallest absolute Gasteiger partial charge is 0.261 e. The molecule has 2 aromatic carbocycles. The predicted octanol–water partition coefficient (Wildman–Crippen LogP) is 3.42. The second kappa shape index (κ2) is 9.16. The van der Waals surface area contributed by atoms with Crippen molar-refractivity contribution in [2.75, 3.05) is 43.6 Å². The molecule has 8 heteroatoms. The van der Waals surface area contributed by atoms with Crippen molar-refractivity contribution in [3.8, 4) is 5.75 Å². The number of rotatable bonds is 4. The Morgan fingerprint density at radius 3 is 2.70 bits per heavy atom. The average Bonchev–Trinajstić information content (AvgIpc) is 2.69. The molecule has 0 radical (unpaired) electrons. The maximum Gasteiger partial charge on any atom is 0.261 e. The minimum Gasteiger partial charge on any atom is -0.496 e. The molecule has 142 valence electrons. The fourth-order valence-corrected chi connectivity index (χ4v) is 3.40. The lowest BCUT2D eigenvalue weighted by Gasteiger charge is -2.30. The van der Waals surface area contributed by atoms with Gasteiger partial charge in [-0.1, -0.05) is 28.1 Å². The van der Waals surface area contributed by atoms with Crippen molar-refractivity contribution < 1.29 is 14.3 Å². The highest BCUT2D eigenvalue weighted by atomic mass is 79.9. The topological polar surface area (TPSA) is 62.8 Å². The van der Waals surface area contributed by atoms with Crippen molar-refractivity contribution in [1.29, 1.82) is 0 Å². The Kier molecular flexibility index (Phi) is 6.65. The van der Waals surface area contributed by atoms with Crippen molar-refractivity contribution in [3.05, 3.63) is 52.5 Å². The van der Waals surface area contributed by atoms with E-state index in [4.69, 9.17) is 21.7 Å². The molecule has 1 heterocycles. The van der Waals surface area contributed by atoms with Crippen molar-refractivity contribution in [3.63, 3.8) is 0 Å². The van der Waals surface area contributed by atoms with Crippen LogP contribution in [-0.2, 0) is 4.74 Å². The van der Waals surface area contributed by atoms with Gasteiger partial charge in [-0.15, -0.1) is 0 Å². The maximum atomic E-state index is 12.6.